The van der Waals surface area contributed by atoms with E-state index in [2.05, 4.69) is 15.9 Å². The minimum Gasteiger partial charge on any atom is -0.495 e. The number of benzene rings is 1. The van der Waals surface area contributed by atoms with Crippen LogP contribution in [0.3, 0.4) is 0 Å². The highest BCUT2D eigenvalue weighted by atomic mass is 79.9. The van der Waals surface area contributed by atoms with Gasteiger partial charge in [0.15, 0.2) is 0 Å². The molecular formula is C13H12BrF3O3. The first kappa shape index (κ1) is 15.2. The molecule has 1 aliphatic rings. The van der Waals surface area contributed by atoms with Crippen LogP contribution in [-0.2, 0) is 16.4 Å². The number of carboxylic acids is 1. The Hall–Kier alpha value is -1.24. The first-order valence-corrected chi connectivity index (χ1v) is 6.70. The second-order valence-electron chi connectivity index (χ2n) is 4.78. The Labute approximate surface area is 121 Å². The van der Waals surface area contributed by atoms with Gasteiger partial charge in [0.1, 0.15) is 5.75 Å². The van der Waals surface area contributed by atoms with Gasteiger partial charge in [-0.1, -0.05) is 6.42 Å². The minimum atomic E-state index is -4.53. The normalized spacial score (nSPS) is 17.4. The van der Waals surface area contributed by atoms with Crippen LogP contribution in [0.5, 0.6) is 5.75 Å². The van der Waals surface area contributed by atoms with E-state index in [1.54, 1.807) is 0 Å². The molecule has 0 amide bonds. The van der Waals surface area contributed by atoms with Crippen LogP contribution in [0.25, 0.3) is 0 Å². The Morgan fingerprint density at radius 1 is 1.40 bits per heavy atom. The highest BCUT2D eigenvalue weighted by molar-refractivity contribution is 9.10. The van der Waals surface area contributed by atoms with Crippen LogP contribution in [0, 0.1) is 0 Å². The molecule has 1 fully saturated rings. The maximum absolute atomic E-state index is 12.9. The number of carbonyl (C=O) groups is 1. The average molecular weight is 353 g/mol. The SMILES string of the molecule is COc1c(Br)cc(C(F)(F)F)cc1C1(C(=O)O)CCC1. The second kappa shape index (κ2) is 4.95. The number of alkyl halides is 3. The van der Waals surface area contributed by atoms with E-state index in [-0.39, 0.29) is 15.8 Å². The van der Waals surface area contributed by atoms with E-state index in [0.717, 1.165) is 12.1 Å². The number of carboxylic acid groups (broad SMARTS) is 1. The smallest absolute Gasteiger partial charge is 0.416 e. The molecule has 2 rings (SSSR count). The average Bonchev–Trinajstić information content (AvgIpc) is 2.25. The zero-order valence-corrected chi connectivity index (χ0v) is 12.1. The van der Waals surface area contributed by atoms with Crippen molar-refractivity contribution in [2.24, 2.45) is 0 Å². The minimum absolute atomic E-state index is 0.0838. The van der Waals surface area contributed by atoms with Gasteiger partial charge in [-0.15, -0.1) is 0 Å². The first-order valence-electron chi connectivity index (χ1n) is 5.91. The van der Waals surface area contributed by atoms with Gasteiger partial charge in [0, 0.05) is 5.56 Å². The van der Waals surface area contributed by atoms with E-state index in [9.17, 15) is 23.1 Å². The topological polar surface area (TPSA) is 46.5 Å². The van der Waals surface area contributed by atoms with E-state index in [1.165, 1.54) is 7.11 Å². The monoisotopic (exact) mass is 352 g/mol. The predicted octanol–water partition coefficient (Wildman–Crippen LogP) is 3.98. The molecule has 0 unspecified atom stereocenters. The van der Waals surface area contributed by atoms with Gasteiger partial charge in [-0.3, -0.25) is 4.79 Å². The third-order valence-electron chi connectivity index (χ3n) is 3.71. The molecule has 0 radical (unpaired) electrons. The van der Waals surface area contributed by atoms with Crippen LogP contribution in [0.15, 0.2) is 16.6 Å². The Bertz CT molecular complexity index is 551. The largest absolute Gasteiger partial charge is 0.495 e. The number of rotatable bonds is 3. The Morgan fingerprint density at radius 2 is 2.00 bits per heavy atom. The first-order chi connectivity index (χ1) is 9.22. The van der Waals surface area contributed by atoms with Crippen LogP contribution in [0.1, 0.15) is 30.4 Å². The summed E-state index contributed by atoms with van der Waals surface area (Å²) in [7, 11) is 1.31. The van der Waals surface area contributed by atoms with Crippen molar-refractivity contribution >= 4 is 21.9 Å². The van der Waals surface area contributed by atoms with Crippen molar-refractivity contribution in [3.05, 3.63) is 27.7 Å². The molecule has 0 atom stereocenters. The van der Waals surface area contributed by atoms with E-state index in [4.69, 9.17) is 4.74 Å². The van der Waals surface area contributed by atoms with Crippen LogP contribution in [0.4, 0.5) is 13.2 Å². The van der Waals surface area contributed by atoms with Crippen LogP contribution >= 0.6 is 15.9 Å². The summed E-state index contributed by atoms with van der Waals surface area (Å²) in [6.07, 6.45) is -3.24. The van der Waals surface area contributed by atoms with E-state index >= 15 is 0 Å². The lowest BCUT2D eigenvalue weighted by atomic mass is 9.64. The van der Waals surface area contributed by atoms with Crippen LogP contribution < -0.4 is 4.74 Å². The summed E-state index contributed by atoms with van der Waals surface area (Å²) in [5.41, 5.74) is -2.08. The Morgan fingerprint density at radius 3 is 2.35 bits per heavy atom. The van der Waals surface area contributed by atoms with Crippen molar-refractivity contribution in [1.82, 2.24) is 0 Å². The summed E-state index contributed by atoms with van der Waals surface area (Å²) in [4.78, 5) is 11.5. The van der Waals surface area contributed by atoms with Gasteiger partial charge < -0.3 is 9.84 Å². The van der Waals surface area contributed by atoms with Gasteiger partial charge in [0.05, 0.1) is 22.6 Å². The molecule has 1 saturated carbocycles. The van der Waals surface area contributed by atoms with E-state index < -0.39 is 23.1 Å². The summed E-state index contributed by atoms with van der Waals surface area (Å²) in [6.45, 7) is 0. The number of ether oxygens (including phenoxy) is 1. The molecule has 1 aliphatic carbocycles. The number of methoxy groups -OCH3 is 1. The molecule has 0 aliphatic heterocycles. The third-order valence-corrected chi connectivity index (χ3v) is 4.30. The van der Waals surface area contributed by atoms with Crippen molar-refractivity contribution in [2.75, 3.05) is 7.11 Å². The Kier molecular flexibility index (Phi) is 3.75. The summed E-state index contributed by atoms with van der Waals surface area (Å²) in [5, 5.41) is 9.39. The maximum atomic E-state index is 12.9. The highest BCUT2D eigenvalue weighted by Crippen LogP contribution is 2.50. The van der Waals surface area contributed by atoms with Gasteiger partial charge in [-0.05, 0) is 40.9 Å². The van der Waals surface area contributed by atoms with Gasteiger partial charge in [-0.25, -0.2) is 0 Å². The third kappa shape index (κ3) is 2.28. The second-order valence-corrected chi connectivity index (χ2v) is 5.63. The Balaban J connectivity index is 2.67. The molecule has 0 heterocycles. The fourth-order valence-corrected chi connectivity index (χ4v) is 3.07. The van der Waals surface area contributed by atoms with E-state index in [1.807, 2.05) is 0 Å². The molecule has 0 bridgehead atoms. The van der Waals surface area contributed by atoms with Crippen molar-refractivity contribution in [1.29, 1.82) is 0 Å². The molecule has 1 aromatic rings. The lowest BCUT2D eigenvalue weighted by Gasteiger charge is -2.39. The standard InChI is InChI=1S/C13H12BrF3O3/c1-20-10-8(12(11(18)19)3-2-4-12)5-7(6-9(10)14)13(15,16)17/h5-6H,2-4H2,1H3,(H,18,19). The fourth-order valence-electron chi connectivity index (χ4n) is 2.45. The number of halogens is 4. The molecular weight excluding hydrogens is 341 g/mol. The highest BCUT2D eigenvalue weighted by Gasteiger charge is 2.49. The molecule has 7 heteroatoms. The molecule has 110 valence electrons. The van der Waals surface area contributed by atoms with Gasteiger partial charge in [0.2, 0.25) is 0 Å². The number of hydrogen-bond acceptors (Lipinski definition) is 2. The molecule has 20 heavy (non-hydrogen) atoms. The van der Waals surface area contributed by atoms with E-state index in [0.29, 0.717) is 19.3 Å². The number of hydrogen-bond donors (Lipinski definition) is 1. The molecule has 0 spiro atoms. The quantitative estimate of drug-likeness (QED) is 0.894. The molecule has 0 saturated heterocycles. The van der Waals surface area contributed by atoms with Crippen molar-refractivity contribution in [3.8, 4) is 5.75 Å². The van der Waals surface area contributed by atoms with Crippen molar-refractivity contribution in [3.63, 3.8) is 0 Å². The molecule has 1 N–H and O–H groups in total. The zero-order valence-electron chi connectivity index (χ0n) is 10.6. The maximum Gasteiger partial charge on any atom is 0.416 e. The molecule has 3 nitrogen and oxygen atoms in total. The predicted molar refractivity (Wildman–Crippen MR) is 68.9 cm³/mol. The molecule has 1 aromatic carbocycles. The fraction of sp³-hybridized carbons (Fsp3) is 0.462. The van der Waals surface area contributed by atoms with Crippen molar-refractivity contribution in [2.45, 2.75) is 30.9 Å². The van der Waals surface area contributed by atoms with Gasteiger partial charge in [-0.2, -0.15) is 13.2 Å². The summed E-state index contributed by atoms with van der Waals surface area (Å²) in [6, 6.07) is 1.79. The summed E-state index contributed by atoms with van der Waals surface area (Å²) >= 11 is 3.03. The zero-order chi connectivity index (χ0) is 15.1. The van der Waals surface area contributed by atoms with Crippen LogP contribution in [0.2, 0.25) is 0 Å². The molecule has 0 aromatic heterocycles. The lowest BCUT2D eigenvalue weighted by Crippen LogP contribution is -2.42. The lowest BCUT2D eigenvalue weighted by molar-refractivity contribution is -0.148. The van der Waals surface area contributed by atoms with Gasteiger partial charge in [0.25, 0.3) is 0 Å². The van der Waals surface area contributed by atoms with Crippen molar-refractivity contribution < 1.29 is 27.8 Å². The van der Waals surface area contributed by atoms with Gasteiger partial charge >= 0.3 is 12.1 Å². The summed E-state index contributed by atoms with van der Waals surface area (Å²) in [5.74, 6) is -0.964. The van der Waals surface area contributed by atoms with Crippen LogP contribution in [-0.4, -0.2) is 18.2 Å². The number of aliphatic carboxylic acids is 1. The summed E-state index contributed by atoms with van der Waals surface area (Å²) < 4.78 is 43.9.